The van der Waals surface area contributed by atoms with Crippen LogP contribution < -0.4 is 16.1 Å². The molecule has 0 fully saturated rings. The van der Waals surface area contributed by atoms with E-state index in [0.717, 1.165) is 22.4 Å². The van der Waals surface area contributed by atoms with Crippen molar-refractivity contribution in [1.82, 2.24) is 4.57 Å². The van der Waals surface area contributed by atoms with Crippen LogP contribution in [0.5, 0.6) is 0 Å². The maximum absolute atomic E-state index is 13.1. The number of benzene rings is 4. The van der Waals surface area contributed by atoms with E-state index in [-0.39, 0.29) is 17.9 Å². The highest BCUT2D eigenvalue weighted by Crippen LogP contribution is 2.25. The number of nitrogens with one attached hydrogen (secondary N) is 2. The van der Waals surface area contributed by atoms with Crippen molar-refractivity contribution < 1.29 is 4.79 Å². The Bertz CT molecular complexity index is 1430. The van der Waals surface area contributed by atoms with Gasteiger partial charge in [-0.3, -0.25) is 9.59 Å². The second kappa shape index (κ2) is 8.40. The average molecular weight is 419 g/mol. The van der Waals surface area contributed by atoms with Crippen LogP contribution in [0.1, 0.15) is 0 Å². The van der Waals surface area contributed by atoms with Crippen molar-refractivity contribution in [2.45, 2.75) is 6.54 Å². The Morgan fingerprint density at radius 1 is 0.656 bits per heavy atom. The lowest BCUT2D eigenvalue weighted by atomic mass is 10.1. The summed E-state index contributed by atoms with van der Waals surface area (Å²) in [5.74, 6) is -0.175. The van der Waals surface area contributed by atoms with Crippen LogP contribution in [0.25, 0.3) is 21.8 Å². The third kappa shape index (κ3) is 3.72. The molecule has 0 bridgehead atoms. The standard InChI is InChI=1S/C27H21N3O2/c31-26(29-23-15-7-6-14-22(23)28-19-10-2-1-3-11-19)18-30-24-16-8-4-12-20(24)27(32)21-13-5-9-17-25(21)30/h1-17,28H,18H2,(H,29,31). The van der Waals surface area contributed by atoms with Gasteiger partial charge in [0.15, 0.2) is 5.43 Å². The predicted octanol–water partition coefficient (Wildman–Crippen LogP) is 5.54. The van der Waals surface area contributed by atoms with E-state index >= 15 is 0 Å². The molecule has 0 saturated carbocycles. The molecule has 32 heavy (non-hydrogen) atoms. The number of hydrogen-bond donors (Lipinski definition) is 2. The molecule has 156 valence electrons. The molecule has 5 nitrogen and oxygen atoms in total. The van der Waals surface area contributed by atoms with Gasteiger partial charge in [0.05, 0.1) is 22.4 Å². The number of hydrogen-bond acceptors (Lipinski definition) is 3. The first-order chi connectivity index (χ1) is 15.7. The zero-order valence-electron chi connectivity index (χ0n) is 17.3. The SMILES string of the molecule is O=C(Cn1c2ccccc2c(=O)c2ccccc21)Nc1ccccc1Nc1ccccc1. The summed E-state index contributed by atoms with van der Waals surface area (Å²) in [4.78, 5) is 26.0. The van der Waals surface area contributed by atoms with Crippen molar-refractivity contribution in [2.24, 2.45) is 0 Å². The van der Waals surface area contributed by atoms with E-state index in [0.29, 0.717) is 16.5 Å². The third-order valence-corrected chi connectivity index (χ3v) is 5.43. The minimum absolute atomic E-state index is 0.0229. The maximum atomic E-state index is 13.1. The molecule has 0 radical (unpaired) electrons. The lowest BCUT2D eigenvalue weighted by Gasteiger charge is -2.16. The van der Waals surface area contributed by atoms with E-state index in [1.54, 1.807) is 12.1 Å². The first kappa shape index (κ1) is 19.6. The van der Waals surface area contributed by atoms with E-state index in [2.05, 4.69) is 10.6 Å². The molecular weight excluding hydrogens is 398 g/mol. The summed E-state index contributed by atoms with van der Waals surface area (Å²) < 4.78 is 1.90. The molecule has 1 amide bonds. The molecule has 0 aliphatic carbocycles. The Labute approximate surface area is 184 Å². The number of amides is 1. The highest BCUT2D eigenvalue weighted by molar-refractivity contribution is 5.98. The average Bonchev–Trinajstić information content (AvgIpc) is 2.84. The van der Waals surface area contributed by atoms with Gasteiger partial charge in [0.2, 0.25) is 5.91 Å². The Morgan fingerprint density at radius 2 is 1.19 bits per heavy atom. The van der Waals surface area contributed by atoms with Crippen molar-refractivity contribution in [3.63, 3.8) is 0 Å². The van der Waals surface area contributed by atoms with Crippen molar-refractivity contribution in [3.8, 4) is 0 Å². The number of para-hydroxylation sites is 5. The van der Waals surface area contributed by atoms with Gasteiger partial charge in [-0.1, -0.05) is 54.6 Å². The summed E-state index contributed by atoms with van der Waals surface area (Å²) in [6.45, 7) is 0.0843. The number of aromatic nitrogens is 1. The summed E-state index contributed by atoms with van der Waals surface area (Å²) in [5.41, 5.74) is 3.89. The normalized spacial score (nSPS) is 10.9. The summed E-state index contributed by atoms with van der Waals surface area (Å²) in [6.07, 6.45) is 0. The first-order valence-corrected chi connectivity index (χ1v) is 10.4. The van der Waals surface area contributed by atoms with Crippen molar-refractivity contribution in [2.75, 3.05) is 10.6 Å². The maximum Gasteiger partial charge on any atom is 0.244 e. The van der Waals surface area contributed by atoms with E-state index in [1.807, 2.05) is 95.6 Å². The second-order valence-electron chi connectivity index (χ2n) is 7.53. The number of rotatable bonds is 5. The largest absolute Gasteiger partial charge is 0.354 e. The van der Waals surface area contributed by atoms with Crippen molar-refractivity contribution in [1.29, 1.82) is 0 Å². The predicted molar refractivity (Wildman–Crippen MR) is 131 cm³/mol. The molecule has 0 atom stereocenters. The third-order valence-electron chi connectivity index (χ3n) is 5.43. The van der Waals surface area contributed by atoms with Gasteiger partial charge in [0, 0.05) is 16.5 Å². The lowest BCUT2D eigenvalue weighted by Crippen LogP contribution is -2.22. The monoisotopic (exact) mass is 419 g/mol. The molecule has 1 aromatic heterocycles. The minimum atomic E-state index is -0.175. The summed E-state index contributed by atoms with van der Waals surface area (Å²) >= 11 is 0. The van der Waals surface area contributed by atoms with Gasteiger partial charge in [-0.05, 0) is 48.5 Å². The van der Waals surface area contributed by atoms with E-state index in [1.165, 1.54) is 0 Å². The Morgan fingerprint density at radius 3 is 1.84 bits per heavy atom. The van der Waals surface area contributed by atoms with E-state index in [9.17, 15) is 9.59 Å². The molecule has 5 aromatic rings. The zero-order valence-corrected chi connectivity index (χ0v) is 17.3. The van der Waals surface area contributed by atoms with Crippen LogP contribution in [0.4, 0.5) is 17.1 Å². The number of fused-ring (bicyclic) bond motifs is 2. The van der Waals surface area contributed by atoms with Crippen LogP contribution in [0.15, 0.2) is 108 Å². The summed E-state index contributed by atoms with van der Waals surface area (Å²) in [6, 6.07) is 32.2. The molecule has 0 spiro atoms. The molecule has 5 rings (SSSR count). The quantitative estimate of drug-likeness (QED) is 0.368. The number of anilines is 3. The van der Waals surface area contributed by atoms with Crippen LogP contribution in [-0.2, 0) is 11.3 Å². The summed E-state index contributed by atoms with van der Waals surface area (Å²) in [5, 5.41) is 7.57. The highest BCUT2D eigenvalue weighted by Gasteiger charge is 2.14. The summed E-state index contributed by atoms with van der Waals surface area (Å²) in [7, 11) is 0. The van der Waals surface area contributed by atoms with Gasteiger partial charge in [-0.15, -0.1) is 0 Å². The topological polar surface area (TPSA) is 63.1 Å². The minimum Gasteiger partial charge on any atom is -0.354 e. The van der Waals surface area contributed by atoms with Gasteiger partial charge >= 0.3 is 0 Å². The lowest BCUT2D eigenvalue weighted by molar-refractivity contribution is -0.116. The van der Waals surface area contributed by atoms with Crippen molar-refractivity contribution in [3.05, 3.63) is 113 Å². The smallest absolute Gasteiger partial charge is 0.244 e. The van der Waals surface area contributed by atoms with Crippen molar-refractivity contribution >= 4 is 44.8 Å². The van der Waals surface area contributed by atoms with Gasteiger partial charge < -0.3 is 15.2 Å². The van der Waals surface area contributed by atoms with Gasteiger partial charge in [0.25, 0.3) is 0 Å². The van der Waals surface area contributed by atoms with E-state index < -0.39 is 0 Å². The Hall–Kier alpha value is -4.38. The van der Waals surface area contributed by atoms with Crippen LogP contribution in [0.3, 0.4) is 0 Å². The Kier molecular flexibility index (Phi) is 5.14. The Balaban J connectivity index is 1.49. The van der Waals surface area contributed by atoms with Gasteiger partial charge in [0.1, 0.15) is 6.54 Å². The van der Waals surface area contributed by atoms with Crippen LogP contribution >= 0.6 is 0 Å². The number of nitrogens with zero attached hydrogens (tertiary/aromatic N) is 1. The van der Waals surface area contributed by atoms with Crippen LogP contribution in [0.2, 0.25) is 0 Å². The molecule has 2 N–H and O–H groups in total. The number of carbonyl (C=O) groups excluding carboxylic acids is 1. The second-order valence-corrected chi connectivity index (χ2v) is 7.53. The fourth-order valence-corrected chi connectivity index (χ4v) is 3.96. The van der Waals surface area contributed by atoms with Gasteiger partial charge in [-0.25, -0.2) is 0 Å². The van der Waals surface area contributed by atoms with E-state index in [4.69, 9.17) is 0 Å². The molecule has 0 saturated heterocycles. The first-order valence-electron chi connectivity index (χ1n) is 10.4. The molecule has 5 heteroatoms. The molecular formula is C27H21N3O2. The molecule has 0 aliphatic heterocycles. The van der Waals surface area contributed by atoms with Crippen LogP contribution in [0, 0.1) is 0 Å². The van der Waals surface area contributed by atoms with Crippen LogP contribution in [-0.4, -0.2) is 10.5 Å². The molecule has 0 aliphatic rings. The zero-order chi connectivity index (χ0) is 21.9. The molecule has 4 aromatic carbocycles. The molecule has 0 unspecified atom stereocenters. The van der Waals surface area contributed by atoms with Gasteiger partial charge in [-0.2, -0.15) is 0 Å². The highest BCUT2D eigenvalue weighted by atomic mass is 16.2. The number of pyridine rings is 1. The fraction of sp³-hybridized carbons (Fsp3) is 0.0370. The fourth-order valence-electron chi connectivity index (χ4n) is 3.96. The number of carbonyl (C=O) groups is 1. The molecule has 1 heterocycles.